The van der Waals surface area contributed by atoms with Crippen LogP contribution in [-0.4, -0.2) is 21.5 Å². The normalized spacial score (nSPS) is 11.2. The van der Waals surface area contributed by atoms with E-state index in [1.807, 2.05) is 23.0 Å². The van der Waals surface area contributed by atoms with Gasteiger partial charge in [0.1, 0.15) is 0 Å². The van der Waals surface area contributed by atoms with Gasteiger partial charge >= 0.3 is 0 Å². The van der Waals surface area contributed by atoms with Gasteiger partial charge in [-0.2, -0.15) is 0 Å². The summed E-state index contributed by atoms with van der Waals surface area (Å²) in [6, 6.07) is 8.23. The van der Waals surface area contributed by atoms with E-state index in [1.165, 1.54) is 5.56 Å². The van der Waals surface area contributed by atoms with Crippen molar-refractivity contribution >= 4 is 15.9 Å². The molecule has 0 spiro atoms. The number of nitrogens with one attached hydrogen (secondary N) is 1. The molecule has 19 heavy (non-hydrogen) atoms. The lowest BCUT2D eigenvalue weighted by atomic mass is 10.2. The molecule has 5 heteroatoms. The SMILES string of the molecule is CC(C)CNCc1cn(Cc2cccc(Br)c2)nn1. The summed E-state index contributed by atoms with van der Waals surface area (Å²) in [5.74, 6) is 0.650. The van der Waals surface area contributed by atoms with E-state index in [9.17, 15) is 0 Å². The summed E-state index contributed by atoms with van der Waals surface area (Å²) in [5, 5.41) is 11.7. The molecule has 102 valence electrons. The Bertz CT molecular complexity index is 522. The second-order valence-corrected chi connectivity index (χ2v) is 5.98. The molecule has 2 aromatic rings. The average molecular weight is 323 g/mol. The van der Waals surface area contributed by atoms with E-state index in [2.05, 4.69) is 57.5 Å². The first-order valence-electron chi connectivity index (χ1n) is 6.47. The highest BCUT2D eigenvalue weighted by Gasteiger charge is 2.02. The van der Waals surface area contributed by atoms with Gasteiger partial charge in [0.15, 0.2) is 0 Å². The quantitative estimate of drug-likeness (QED) is 0.889. The Labute approximate surface area is 122 Å². The molecular weight excluding hydrogens is 304 g/mol. The summed E-state index contributed by atoms with van der Waals surface area (Å²) in [7, 11) is 0. The molecule has 0 radical (unpaired) electrons. The van der Waals surface area contributed by atoms with Gasteiger partial charge in [-0.1, -0.05) is 47.1 Å². The highest BCUT2D eigenvalue weighted by Crippen LogP contribution is 2.12. The Balaban J connectivity index is 1.90. The second-order valence-electron chi connectivity index (χ2n) is 5.06. The van der Waals surface area contributed by atoms with Crippen LogP contribution in [0.5, 0.6) is 0 Å². The van der Waals surface area contributed by atoms with Gasteiger partial charge in [0, 0.05) is 11.0 Å². The molecule has 1 heterocycles. The first-order valence-corrected chi connectivity index (χ1v) is 7.27. The number of benzene rings is 1. The van der Waals surface area contributed by atoms with Crippen LogP contribution in [0.4, 0.5) is 0 Å². The van der Waals surface area contributed by atoms with Crippen LogP contribution in [0.3, 0.4) is 0 Å². The zero-order valence-corrected chi connectivity index (χ0v) is 12.9. The van der Waals surface area contributed by atoms with Crippen LogP contribution in [0, 0.1) is 5.92 Å². The van der Waals surface area contributed by atoms with Gasteiger partial charge in [0.2, 0.25) is 0 Å². The van der Waals surface area contributed by atoms with Gasteiger partial charge in [0.05, 0.1) is 18.4 Å². The van der Waals surface area contributed by atoms with Gasteiger partial charge in [-0.3, -0.25) is 0 Å². The Morgan fingerprint density at radius 2 is 2.21 bits per heavy atom. The molecule has 0 bridgehead atoms. The Morgan fingerprint density at radius 1 is 1.37 bits per heavy atom. The van der Waals surface area contributed by atoms with Crippen LogP contribution in [-0.2, 0) is 13.1 Å². The zero-order valence-electron chi connectivity index (χ0n) is 11.3. The minimum Gasteiger partial charge on any atom is -0.311 e. The number of hydrogen-bond donors (Lipinski definition) is 1. The summed E-state index contributed by atoms with van der Waals surface area (Å²) in [6.07, 6.45) is 1.99. The number of aromatic nitrogens is 3. The molecule has 0 aliphatic carbocycles. The zero-order chi connectivity index (χ0) is 13.7. The minimum absolute atomic E-state index is 0.650. The van der Waals surface area contributed by atoms with E-state index in [1.54, 1.807) is 0 Å². The van der Waals surface area contributed by atoms with E-state index in [4.69, 9.17) is 0 Å². The Kier molecular flexibility index (Phi) is 5.10. The predicted molar refractivity (Wildman–Crippen MR) is 79.8 cm³/mol. The molecule has 2 rings (SSSR count). The summed E-state index contributed by atoms with van der Waals surface area (Å²) < 4.78 is 2.96. The van der Waals surface area contributed by atoms with Crippen LogP contribution in [0.25, 0.3) is 0 Å². The molecule has 0 amide bonds. The van der Waals surface area contributed by atoms with Gasteiger partial charge in [0.25, 0.3) is 0 Å². The van der Waals surface area contributed by atoms with E-state index < -0.39 is 0 Å². The molecule has 0 unspecified atom stereocenters. The predicted octanol–water partition coefficient (Wildman–Crippen LogP) is 2.83. The summed E-state index contributed by atoms with van der Waals surface area (Å²) in [6.45, 7) is 6.90. The van der Waals surface area contributed by atoms with E-state index in [0.29, 0.717) is 5.92 Å². The third kappa shape index (κ3) is 4.76. The maximum atomic E-state index is 4.17. The largest absolute Gasteiger partial charge is 0.311 e. The molecular formula is C14H19BrN4. The maximum absolute atomic E-state index is 4.17. The topological polar surface area (TPSA) is 42.7 Å². The van der Waals surface area contributed by atoms with Crippen molar-refractivity contribution in [2.24, 2.45) is 5.92 Å². The molecule has 1 aromatic heterocycles. The molecule has 0 saturated heterocycles. The van der Waals surface area contributed by atoms with Crippen molar-refractivity contribution in [3.05, 3.63) is 46.2 Å². The molecule has 0 aliphatic rings. The van der Waals surface area contributed by atoms with Gasteiger partial charge in [-0.15, -0.1) is 5.10 Å². The molecule has 0 fully saturated rings. The molecule has 4 nitrogen and oxygen atoms in total. The minimum atomic E-state index is 0.650. The first-order chi connectivity index (χ1) is 9.13. The maximum Gasteiger partial charge on any atom is 0.0964 e. The van der Waals surface area contributed by atoms with Crippen LogP contribution in [0.15, 0.2) is 34.9 Å². The van der Waals surface area contributed by atoms with Crippen molar-refractivity contribution in [3.63, 3.8) is 0 Å². The number of halogens is 1. The summed E-state index contributed by atoms with van der Waals surface area (Å²) in [4.78, 5) is 0. The van der Waals surface area contributed by atoms with E-state index in [-0.39, 0.29) is 0 Å². The second kappa shape index (κ2) is 6.82. The fraction of sp³-hybridized carbons (Fsp3) is 0.429. The molecule has 1 N–H and O–H groups in total. The smallest absolute Gasteiger partial charge is 0.0964 e. The highest BCUT2D eigenvalue weighted by molar-refractivity contribution is 9.10. The van der Waals surface area contributed by atoms with Gasteiger partial charge in [-0.25, -0.2) is 4.68 Å². The fourth-order valence-electron chi connectivity index (χ4n) is 1.81. The van der Waals surface area contributed by atoms with Crippen LogP contribution >= 0.6 is 15.9 Å². The van der Waals surface area contributed by atoms with Crippen molar-refractivity contribution in [1.29, 1.82) is 0 Å². The summed E-state index contributed by atoms with van der Waals surface area (Å²) in [5.41, 5.74) is 2.19. The van der Waals surface area contributed by atoms with Crippen molar-refractivity contribution < 1.29 is 0 Å². The third-order valence-electron chi connectivity index (χ3n) is 2.68. The standard InChI is InChI=1S/C14H19BrN4/c1-11(2)7-16-8-14-10-19(18-17-14)9-12-4-3-5-13(15)6-12/h3-6,10-11,16H,7-9H2,1-2H3. The van der Waals surface area contributed by atoms with Crippen molar-refractivity contribution in [2.45, 2.75) is 26.9 Å². The number of hydrogen-bond acceptors (Lipinski definition) is 3. The summed E-state index contributed by atoms with van der Waals surface area (Å²) >= 11 is 3.47. The fourth-order valence-corrected chi connectivity index (χ4v) is 2.25. The third-order valence-corrected chi connectivity index (χ3v) is 3.17. The van der Waals surface area contributed by atoms with Crippen molar-refractivity contribution in [2.75, 3.05) is 6.54 Å². The van der Waals surface area contributed by atoms with Crippen LogP contribution in [0.2, 0.25) is 0 Å². The van der Waals surface area contributed by atoms with Crippen molar-refractivity contribution in [1.82, 2.24) is 20.3 Å². The average Bonchev–Trinajstić information content (AvgIpc) is 2.76. The lowest BCUT2D eigenvalue weighted by molar-refractivity contribution is 0.548. The Hall–Kier alpha value is -1.20. The molecule has 0 aliphatic heterocycles. The molecule has 1 aromatic carbocycles. The molecule has 0 atom stereocenters. The monoisotopic (exact) mass is 322 g/mol. The molecule has 0 saturated carbocycles. The highest BCUT2D eigenvalue weighted by atomic mass is 79.9. The van der Waals surface area contributed by atoms with E-state index >= 15 is 0 Å². The van der Waals surface area contributed by atoms with Gasteiger partial charge in [-0.05, 0) is 30.2 Å². The lowest BCUT2D eigenvalue weighted by Gasteiger charge is -2.04. The number of nitrogens with zero attached hydrogens (tertiary/aromatic N) is 3. The Morgan fingerprint density at radius 3 is 2.95 bits per heavy atom. The van der Waals surface area contributed by atoms with Crippen molar-refractivity contribution in [3.8, 4) is 0 Å². The van der Waals surface area contributed by atoms with Crippen LogP contribution in [0.1, 0.15) is 25.1 Å². The number of rotatable bonds is 6. The van der Waals surface area contributed by atoms with E-state index in [0.717, 1.165) is 29.8 Å². The van der Waals surface area contributed by atoms with Gasteiger partial charge < -0.3 is 5.32 Å². The lowest BCUT2D eigenvalue weighted by Crippen LogP contribution is -2.19. The first kappa shape index (κ1) is 14.2. The van der Waals surface area contributed by atoms with Crippen LogP contribution < -0.4 is 5.32 Å².